The minimum absolute atomic E-state index is 0.128. The van der Waals surface area contributed by atoms with Crippen LogP contribution in [0, 0.1) is 0 Å². The van der Waals surface area contributed by atoms with Gasteiger partial charge in [-0.25, -0.2) is 4.39 Å². The van der Waals surface area contributed by atoms with Crippen LogP contribution in [0.15, 0.2) is 24.3 Å². The molecule has 1 aliphatic heterocycles. The summed E-state index contributed by atoms with van der Waals surface area (Å²) in [6.07, 6.45) is 1.02. The van der Waals surface area contributed by atoms with E-state index in [1.807, 2.05) is 24.3 Å². The Morgan fingerprint density at radius 2 is 1.88 bits per heavy atom. The summed E-state index contributed by atoms with van der Waals surface area (Å²) in [6, 6.07) is 7.87. The number of alkyl halides is 1. The number of ether oxygens (including phenoxy) is 1. The van der Waals surface area contributed by atoms with Crippen molar-refractivity contribution in [1.29, 1.82) is 0 Å². The third-order valence-electron chi connectivity index (χ3n) is 3.46. The van der Waals surface area contributed by atoms with Gasteiger partial charge in [0.25, 0.3) is 0 Å². The van der Waals surface area contributed by atoms with E-state index in [9.17, 15) is 4.39 Å². The number of nitrogens with two attached hydrogens (primary N) is 1. The van der Waals surface area contributed by atoms with Gasteiger partial charge in [0.15, 0.2) is 0 Å². The molecule has 0 unspecified atom stereocenters. The molecule has 0 amide bonds. The highest BCUT2D eigenvalue weighted by Gasteiger charge is 2.32. The number of nitrogens with zero attached hydrogens (tertiary/aromatic N) is 1. The Morgan fingerprint density at radius 1 is 1.29 bits per heavy atom. The molecule has 0 saturated carbocycles. The molecule has 1 aliphatic rings. The van der Waals surface area contributed by atoms with E-state index in [1.165, 1.54) is 0 Å². The molecule has 94 valence electrons. The van der Waals surface area contributed by atoms with Crippen LogP contribution in [-0.4, -0.2) is 32.4 Å². The predicted molar refractivity (Wildman–Crippen MR) is 67.3 cm³/mol. The maximum Gasteiger partial charge on any atom is 0.126 e. The van der Waals surface area contributed by atoms with Gasteiger partial charge >= 0.3 is 0 Å². The van der Waals surface area contributed by atoms with Crippen molar-refractivity contribution >= 4 is 5.69 Å². The summed E-state index contributed by atoms with van der Waals surface area (Å²) in [5.41, 5.74) is 5.40. The van der Waals surface area contributed by atoms with E-state index >= 15 is 0 Å². The molecule has 4 heteroatoms. The molecule has 0 spiro atoms. The smallest absolute Gasteiger partial charge is 0.126 e. The Balaban J connectivity index is 2.00. The maximum absolute atomic E-state index is 13.9. The predicted octanol–water partition coefficient (Wildman–Crippen LogP) is 1.96. The molecule has 1 saturated heterocycles. The molecule has 1 fully saturated rings. The Kier molecular flexibility index (Phi) is 3.52. The molecule has 1 heterocycles. The number of methoxy groups -OCH3 is 1. The third-order valence-corrected chi connectivity index (χ3v) is 3.46. The van der Waals surface area contributed by atoms with Crippen LogP contribution in [0.25, 0.3) is 0 Å². The Morgan fingerprint density at radius 3 is 2.35 bits per heavy atom. The van der Waals surface area contributed by atoms with Gasteiger partial charge in [0.05, 0.1) is 7.11 Å². The third kappa shape index (κ3) is 2.69. The summed E-state index contributed by atoms with van der Waals surface area (Å²) in [4.78, 5) is 2.19. The normalized spacial score (nSPS) is 19.1. The summed E-state index contributed by atoms with van der Waals surface area (Å²) >= 11 is 0. The lowest BCUT2D eigenvalue weighted by Gasteiger charge is -2.37. The molecule has 1 aromatic rings. The van der Waals surface area contributed by atoms with Crippen LogP contribution in [0.1, 0.15) is 12.8 Å². The summed E-state index contributed by atoms with van der Waals surface area (Å²) < 4.78 is 19.0. The Labute approximate surface area is 101 Å². The van der Waals surface area contributed by atoms with Crippen LogP contribution in [0.5, 0.6) is 5.75 Å². The first-order chi connectivity index (χ1) is 8.17. The molecule has 3 nitrogen and oxygen atoms in total. The fourth-order valence-electron chi connectivity index (χ4n) is 2.16. The highest BCUT2D eigenvalue weighted by molar-refractivity contribution is 5.49. The molecular formula is C13H19FN2O. The number of halogens is 1. The van der Waals surface area contributed by atoms with E-state index in [0.29, 0.717) is 12.8 Å². The minimum Gasteiger partial charge on any atom is -0.497 e. The van der Waals surface area contributed by atoms with E-state index < -0.39 is 5.67 Å². The average Bonchev–Trinajstić information content (AvgIpc) is 2.40. The second kappa shape index (κ2) is 4.92. The van der Waals surface area contributed by atoms with Crippen LogP contribution in [0.4, 0.5) is 10.1 Å². The van der Waals surface area contributed by atoms with Crippen molar-refractivity contribution in [2.24, 2.45) is 5.73 Å². The molecule has 0 aromatic heterocycles. The van der Waals surface area contributed by atoms with Gasteiger partial charge < -0.3 is 15.4 Å². The largest absolute Gasteiger partial charge is 0.497 e. The van der Waals surface area contributed by atoms with Gasteiger partial charge in [-0.2, -0.15) is 0 Å². The van der Waals surface area contributed by atoms with Crippen molar-refractivity contribution in [1.82, 2.24) is 0 Å². The average molecular weight is 238 g/mol. The zero-order chi connectivity index (χ0) is 12.3. The van der Waals surface area contributed by atoms with Crippen LogP contribution < -0.4 is 15.4 Å². The van der Waals surface area contributed by atoms with Gasteiger partial charge in [0.1, 0.15) is 11.4 Å². The molecule has 1 aromatic carbocycles. The second-order valence-corrected chi connectivity index (χ2v) is 4.54. The highest BCUT2D eigenvalue weighted by atomic mass is 19.1. The molecule has 0 bridgehead atoms. The number of benzene rings is 1. The summed E-state index contributed by atoms with van der Waals surface area (Å²) in [7, 11) is 1.65. The van der Waals surface area contributed by atoms with Crippen molar-refractivity contribution in [2.45, 2.75) is 18.5 Å². The van der Waals surface area contributed by atoms with Gasteiger partial charge in [0.2, 0.25) is 0 Å². The summed E-state index contributed by atoms with van der Waals surface area (Å²) in [5, 5.41) is 0. The molecule has 17 heavy (non-hydrogen) atoms. The maximum atomic E-state index is 13.9. The van der Waals surface area contributed by atoms with E-state index in [0.717, 1.165) is 24.5 Å². The van der Waals surface area contributed by atoms with Crippen LogP contribution in [-0.2, 0) is 0 Å². The van der Waals surface area contributed by atoms with Crippen molar-refractivity contribution in [2.75, 3.05) is 31.6 Å². The Hall–Kier alpha value is -1.29. The zero-order valence-corrected chi connectivity index (χ0v) is 10.2. The Bertz CT molecular complexity index is 358. The fourth-order valence-corrected chi connectivity index (χ4v) is 2.16. The van der Waals surface area contributed by atoms with Crippen LogP contribution in [0.3, 0.4) is 0 Å². The van der Waals surface area contributed by atoms with Gasteiger partial charge in [-0.15, -0.1) is 0 Å². The lowest BCUT2D eigenvalue weighted by Crippen LogP contribution is -2.45. The summed E-state index contributed by atoms with van der Waals surface area (Å²) in [6.45, 7) is 1.57. The standard InChI is InChI=1S/C13H19FN2O/c1-17-12-4-2-11(3-5-12)16-8-6-13(14,10-15)7-9-16/h2-5H,6-10,15H2,1H3. The van der Waals surface area contributed by atoms with Gasteiger partial charge in [0, 0.05) is 38.2 Å². The van der Waals surface area contributed by atoms with E-state index in [1.54, 1.807) is 7.11 Å². The number of piperidine rings is 1. The summed E-state index contributed by atoms with van der Waals surface area (Å²) in [5.74, 6) is 0.840. The molecule has 2 N–H and O–H groups in total. The number of anilines is 1. The quantitative estimate of drug-likeness (QED) is 0.875. The molecule has 0 aliphatic carbocycles. The lowest BCUT2D eigenvalue weighted by atomic mass is 9.93. The van der Waals surface area contributed by atoms with Crippen molar-refractivity contribution < 1.29 is 9.13 Å². The second-order valence-electron chi connectivity index (χ2n) is 4.54. The molecule has 0 atom stereocenters. The molecule has 0 radical (unpaired) electrons. The highest BCUT2D eigenvalue weighted by Crippen LogP contribution is 2.29. The zero-order valence-electron chi connectivity index (χ0n) is 10.2. The van der Waals surface area contributed by atoms with Crippen LogP contribution >= 0.6 is 0 Å². The van der Waals surface area contributed by atoms with Gasteiger partial charge in [-0.05, 0) is 24.3 Å². The molecule has 2 rings (SSSR count). The van der Waals surface area contributed by atoms with E-state index in [4.69, 9.17) is 10.5 Å². The first-order valence-corrected chi connectivity index (χ1v) is 5.95. The number of rotatable bonds is 3. The first-order valence-electron chi connectivity index (χ1n) is 5.95. The van der Waals surface area contributed by atoms with Crippen molar-refractivity contribution in [3.05, 3.63) is 24.3 Å². The van der Waals surface area contributed by atoms with E-state index in [-0.39, 0.29) is 6.54 Å². The first kappa shape index (κ1) is 12.2. The van der Waals surface area contributed by atoms with Crippen molar-refractivity contribution in [3.63, 3.8) is 0 Å². The van der Waals surface area contributed by atoms with Gasteiger partial charge in [-0.3, -0.25) is 0 Å². The van der Waals surface area contributed by atoms with E-state index in [2.05, 4.69) is 4.90 Å². The van der Waals surface area contributed by atoms with Crippen LogP contribution in [0.2, 0.25) is 0 Å². The fraction of sp³-hybridized carbons (Fsp3) is 0.538. The number of hydrogen-bond donors (Lipinski definition) is 1. The SMILES string of the molecule is COc1ccc(N2CCC(F)(CN)CC2)cc1. The minimum atomic E-state index is -1.16. The van der Waals surface area contributed by atoms with Gasteiger partial charge in [-0.1, -0.05) is 0 Å². The number of hydrogen-bond acceptors (Lipinski definition) is 3. The lowest BCUT2D eigenvalue weighted by molar-refractivity contribution is 0.135. The molecular weight excluding hydrogens is 219 g/mol. The van der Waals surface area contributed by atoms with Crippen molar-refractivity contribution in [3.8, 4) is 5.75 Å². The monoisotopic (exact) mass is 238 g/mol. The topological polar surface area (TPSA) is 38.5 Å².